The van der Waals surface area contributed by atoms with E-state index >= 15 is 0 Å². The second kappa shape index (κ2) is 10.5. The molecule has 39 heavy (non-hydrogen) atoms. The average molecular weight is 524 g/mol. The van der Waals surface area contributed by atoms with E-state index in [1.165, 1.54) is 6.20 Å². The minimum Gasteiger partial charge on any atom is -0.492 e. The summed E-state index contributed by atoms with van der Waals surface area (Å²) < 4.78 is 9.35. The normalized spacial score (nSPS) is 13.6. The third kappa shape index (κ3) is 4.79. The van der Waals surface area contributed by atoms with E-state index in [1.807, 2.05) is 42.5 Å². The first-order valence-electron chi connectivity index (χ1n) is 12.8. The number of benzene rings is 1. The first-order chi connectivity index (χ1) is 18.8. The molecule has 1 amide bonds. The minimum atomic E-state index is -0.334. The predicted molar refractivity (Wildman–Crippen MR) is 143 cm³/mol. The van der Waals surface area contributed by atoms with Gasteiger partial charge >= 0.3 is 0 Å². The number of ether oxygens (including phenoxy) is 1. The summed E-state index contributed by atoms with van der Waals surface area (Å²) in [5.74, 6) is 1.23. The lowest BCUT2D eigenvalue weighted by Crippen LogP contribution is -2.40. The van der Waals surface area contributed by atoms with Crippen LogP contribution in [0.15, 0.2) is 42.9 Å². The number of amides is 1. The fraction of sp³-hybridized carbons (Fsp3) is 0.310. The summed E-state index contributed by atoms with van der Waals surface area (Å²) in [6, 6.07) is 9.30. The van der Waals surface area contributed by atoms with E-state index in [1.54, 1.807) is 30.1 Å². The van der Waals surface area contributed by atoms with Crippen molar-refractivity contribution in [2.45, 2.75) is 39.8 Å². The van der Waals surface area contributed by atoms with Crippen molar-refractivity contribution in [1.29, 1.82) is 5.26 Å². The fourth-order valence-electron chi connectivity index (χ4n) is 5.14. The van der Waals surface area contributed by atoms with Crippen molar-refractivity contribution in [2.24, 2.45) is 7.05 Å². The molecular weight excluding hydrogens is 494 g/mol. The van der Waals surface area contributed by atoms with Crippen LogP contribution >= 0.6 is 0 Å². The maximum atomic E-state index is 14.0. The van der Waals surface area contributed by atoms with Gasteiger partial charge in [-0.3, -0.25) is 19.3 Å². The van der Waals surface area contributed by atoms with Crippen LogP contribution < -0.4 is 4.74 Å². The van der Waals surface area contributed by atoms with Gasteiger partial charge in [-0.2, -0.15) is 10.4 Å². The zero-order valence-electron chi connectivity index (χ0n) is 22.4. The average Bonchev–Trinajstić information content (AvgIpc) is 3.52. The quantitative estimate of drug-likeness (QED) is 0.322. The molecule has 3 aromatic heterocycles. The number of aldehydes is 1. The number of carbonyl (C=O) groups is 2. The Morgan fingerprint density at radius 3 is 2.67 bits per heavy atom. The number of aromatic nitrogens is 5. The number of imidazole rings is 1. The molecule has 0 saturated carbocycles. The number of hydrogen-bond donors (Lipinski definition) is 0. The van der Waals surface area contributed by atoms with Crippen molar-refractivity contribution in [3.05, 3.63) is 82.3 Å². The number of nitrogens with zero attached hydrogens (tertiary/aromatic N) is 7. The van der Waals surface area contributed by atoms with E-state index < -0.39 is 0 Å². The van der Waals surface area contributed by atoms with Gasteiger partial charge in [-0.15, -0.1) is 0 Å². The van der Waals surface area contributed by atoms with Crippen molar-refractivity contribution in [3.8, 4) is 23.1 Å². The first kappa shape index (κ1) is 25.9. The molecule has 1 atom stereocenters. The topological polar surface area (TPSA) is 119 Å². The highest BCUT2D eigenvalue weighted by Gasteiger charge is 2.32. The highest BCUT2D eigenvalue weighted by Crippen LogP contribution is 2.35. The van der Waals surface area contributed by atoms with Crippen LogP contribution in [0.5, 0.6) is 5.75 Å². The molecule has 4 aromatic rings. The zero-order valence-corrected chi connectivity index (χ0v) is 22.4. The molecule has 0 bridgehead atoms. The van der Waals surface area contributed by atoms with Gasteiger partial charge in [0.1, 0.15) is 28.9 Å². The van der Waals surface area contributed by atoms with Gasteiger partial charge < -0.3 is 14.2 Å². The number of nitriles is 1. The summed E-state index contributed by atoms with van der Waals surface area (Å²) in [5.41, 5.74) is 5.51. The lowest BCUT2D eigenvalue weighted by molar-refractivity contribution is 0.0668. The second-order valence-corrected chi connectivity index (χ2v) is 9.54. The SMILES string of the molecule is CCOc1cc(C(C)N2CCc3c(cc(Cn4ccnc4C)cc3-c3cc(C=O)nn3C)C2=O)ncc1C#N. The van der Waals surface area contributed by atoms with E-state index in [-0.39, 0.29) is 11.9 Å². The van der Waals surface area contributed by atoms with Crippen molar-refractivity contribution in [3.63, 3.8) is 0 Å². The smallest absolute Gasteiger partial charge is 0.254 e. The minimum absolute atomic E-state index is 0.101. The monoisotopic (exact) mass is 523 g/mol. The molecular formula is C29H29N7O3. The lowest BCUT2D eigenvalue weighted by Gasteiger charge is -2.34. The van der Waals surface area contributed by atoms with Gasteiger partial charge in [-0.1, -0.05) is 0 Å². The Kier molecular flexibility index (Phi) is 6.98. The third-order valence-corrected chi connectivity index (χ3v) is 7.18. The van der Waals surface area contributed by atoms with E-state index in [9.17, 15) is 14.9 Å². The van der Waals surface area contributed by atoms with Crippen molar-refractivity contribution >= 4 is 12.2 Å². The van der Waals surface area contributed by atoms with Crippen LogP contribution in [0.4, 0.5) is 0 Å². The highest BCUT2D eigenvalue weighted by molar-refractivity contribution is 5.99. The van der Waals surface area contributed by atoms with E-state index in [0.29, 0.717) is 54.4 Å². The summed E-state index contributed by atoms with van der Waals surface area (Å²) in [5, 5.41) is 13.7. The molecule has 198 valence electrons. The van der Waals surface area contributed by atoms with Crippen LogP contribution in [0.3, 0.4) is 0 Å². The van der Waals surface area contributed by atoms with Gasteiger partial charge in [0.05, 0.1) is 24.0 Å². The Balaban J connectivity index is 1.57. The number of rotatable bonds is 8. The van der Waals surface area contributed by atoms with E-state index in [4.69, 9.17) is 4.74 Å². The standard InChI is InChI=1S/C29H29N7O3/c1-5-39-28-13-26(32-15-21(28)14-30)18(2)36-8-6-23-24(27-12-22(17-37)33-34(27)4)10-20(11-25(23)29(36)38)16-35-9-7-31-19(35)3/h7,9-13,15,17-18H,5-6,8,16H2,1-4H3. The predicted octanol–water partition coefficient (Wildman–Crippen LogP) is 3.88. The summed E-state index contributed by atoms with van der Waals surface area (Å²) >= 11 is 0. The molecule has 5 rings (SSSR count). The van der Waals surface area contributed by atoms with Crippen LogP contribution in [0.1, 0.15) is 68.9 Å². The second-order valence-electron chi connectivity index (χ2n) is 9.54. The van der Waals surface area contributed by atoms with Gasteiger partial charge in [0.25, 0.3) is 5.91 Å². The Hall–Kier alpha value is -4.78. The van der Waals surface area contributed by atoms with E-state index in [2.05, 4.69) is 27.2 Å². The Labute approximate surface area is 226 Å². The molecule has 0 N–H and O–H groups in total. The summed E-state index contributed by atoms with van der Waals surface area (Å²) in [7, 11) is 1.80. The number of pyridine rings is 1. The van der Waals surface area contributed by atoms with Crippen molar-refractivity contribution in [1.82, 2.24) is 29.2 Å². The molecule has 10 nitrogen and oxygen atoms in total. The first-order valence-corrected chi connectivity index (χ1v) is 12.8. The number of carbonyl (C=O) groups excluding carboxylic acids is 2. The van der Waals surface area contributed by atoms with Crippen LogP contribution in [0.2, 0.25) is 0 Å². The summed E-state index contributed by atoms with van der Waals surface area (Å²) in [4.78, 5) is 36.1. The molecule has 1 aromatic carbocycles. The molecule has 0 spiro atoms. The van der Waals surface area contributed by atoms with Gasteiger partial charge in [0, 0.05) is 55.9 Å². The lowest BCUT2D eigenvalue weighted by atomic mass is 9.89. The fourth-order valence-corrected chi connectivity index (χ4v) is 5.14. The van der Waals surface area contributed by atoms with Crippen LogP contribution in [-0.2, 0) is 20.0 Å². The zero-order chi connectivity index (χ0) is 27.7. The van der Waals surface area contributed by atoms with Crippen molar-refractivity contribution in [2.75, 3.05) is 13.2 Å². The van der Waals surface area contributed by atoms with Gasteiger partial charge in [-0.25, -0.2) is 4.98 Å². The van der Waals surface area contributed by atoms with Gasteiger partial charge in [0.2, 0.25) is 0 Å². The highest BCUT2D eigenvalue weighted by atomic mass is 16.5. The number of aryl methyl sites for hydroxylation is 2. The maximum absolute atomic E-state index is 14.0. The van der Waals surface area contributed by atoms with E-state index in [0.717, 1.165) is 34.5 Å². The molecule has 10 heteroatoms. The molecule has 0 saturated heterocycles. The Morgan fingerprint density at radius 2 is 2.00 bits per heavy atom. The van der Waals surface area contributed by atoms with Gasteiger partial charge in [-0.05, 0) is 56.5 Å². The molecule has 0 radical (unpaired) electrons. The molecule has 1 unspecified atom stereocenters. The number of hydrogen-bond acceptors (Lipinski definition) is 7. The Bertz CT molecular complexity index is 1610. The summed E-state index contributed by atoms with van der Waals surface area (Å²) in [6.45, 7) is 7.18. The van der Waals surface area contributed by atoms with Crippen LogP contribution in [0.25, 0.3) is 11.3 Å². The van der Waals surface area contributed by atoms with Crippen LogP contribution in [-0.4, -0.2) is 54.6 Å². The third-order valence-electron chi connectivity index (χ3n) is 7.18. The van der Waals surface area contributed by atoms with Crippen molar-refractivity contribution < 1.29 is 14.3 Å². The molecule has 0 aliphatic carbocycles. The largest absolute Gasteiger partial charge is 0.492 e. The molecule has 1 aliphatic heterocycles. The maximum Gasteiger partial charge on any atom is 0.254 e. The molecule has 1 aliphatic rings. The summed E-state index contributed by atoms with van der Waals surface area (Å²) in [6.07, 6.45) is 6.51. The molecule has 4 heterocycles. The number of fused-ring (bicyclic) bond motifs is 1. The van der Waals surface area contributed by atoms with Crippen LogP contribution in [0, 0.1) is 18.3 Å². The molecule has 0 fully saturated rings. The Morgan fingerprint density at radius 1 is 1.21 bits per heavy atom. The van der Waals surface area contributed by atoms with Gasteiger partial charge in [0.15, 0.2) is 6.29 Å².